The van der Waals surface area contributed by atoms with Crippen molar-refractivity contribution in [2.75, 3.05) is 18.0 Å². The molecule has 2 aromatic rings. The summed E-state index contributed by atoms with van der Waals surface area (Å²) < 4.78 is 33.3. The van der Waals surface area contributed by atoms with Gasteiger partial charge in [-0.3, -0.25) is 4.31 Å². The van der Waals surface area contributed by atoms with Crippen molar-refractivity contribution in [2.24, 2.45) is 0 Å². The highest BCUT2D eigenvalue weighted by molar-refractivity contribution is 9.10. The second-order valence-electron chi connectivity index (χ2n) is 4.80. The minimum atomic E-state index is -3.64. The van der Waals surface area contributed by atoms with E-state index in [-0.39, 0.29) is 4.90 Å². The molecule has 0 bridgehead atoms. The summed E-state index contributed by atoms with van der Waals surface area (Å²) in [6.45, 7) is 4.04. The average molecular weight is 384 g/mol. The molecule has 0 unspecified atom stereocenters. The van der Waals surface area contributed by atoms with Crippen LogP contribution in [0.2, 0.25) is 0 Å². The molecule has 0 aliphatic rings. The van der Waals surface area contributed by atoms with Crippen LogP contribution in [0, 0.1) is 6.92 Å². The number of ether oxygens (including phenoxy) is 1. The molecule has 2 rings (SSSR count). The van der Waals surface area contributed by atoms with Gasteiger partial charge in [0.25, 0.3) is 10.0 Å². The van der Waals surface area contributed by atoms with E-state index in [0.29, 0.717) is 18.0 Å². The van der Waals surface area contributed by atoms with Gasteiger partial charge in [0.2, 0.25) is 0 Å². The molecule has 0 spiro atoms. The van der Waals surface area contributed by atoms with Crippen molar-refractivity contribution in [3.05, 3.63) is 52.5 Å². The Morgan fingerprint density at radius 2 is 1.77 bits per heavy atom. The summed E-state index contributed by atoms with van der Waals surface area (Å²) in [5.74, 6) is 0.535. The maximum atomic E-state index is 12.9. The second kappa shape index (κ2) is 6.71. The zero-order valence-corrected chi connectivity index (χ0v) is 15.1. The molecule has 2 aromatic carbocycles. The first-order valence-corrected chi connectivity index (χ1v) is 9.06. The normalized spacial score (nSPS) is 11.3. The zero-order chi connectivity index (χ0) is 16.3. The van der Waals surface area contributed by atoms with Crippen molar-refractivity contribution in [1.82, 2.24) is 0 Å². The van der Waals surface area contributed by atoms with Gasteiger partial charge in [-0.1, -0.05) is 22.0 Å². The lowest BCUT2D eigenvalue weighted by molar-refractivity contribution is 0.415. The summed E-state index contributed by atoms with van der Waals surface area (Å²) in [5.41, 5.74) is 1.52. The first-order chi connectivity index (χ1) is 10.4. The predicted octanol–water partition coefficient (Wildman–Crippen LogP) is 3.98. The Bertz CT molecular complexity index is 757. The number of methoxy groups -OCH3 is 1. The van der Waals surface area contributed by atoms with Crippen LogP contribution in [-0.2, 0) is 10.0 Å². The van der Waals surface area contributed by atoms with Crippen LogP contribution in [0.25, 0.3) is 0 Å². The monoisotopic (exact) mass is 383 g/mol. The topological polar surface area (TPSA) is 46.6 Å². The summed E-state index contributed by atoms with van der Waals surface area (Å²) in [7, 11) is -2.10. The third kappa shape index (κ3) is 3.28. The number of hydrogen-bond acceptors (Lipinski definition) is 3. The standard InChI is InChI=1S/C16H18BrNO3S/c1-4-18(15-11-12(2)5-10-16(15)21-3)22(19,20)14-8-6-13(17)7-9-14/h5-11H,4H2,1-3H3. The van der Waals surface area contributed by atoms with Crippen LogP contribution in [0.3, 0.4) is 0 Å². The van der Waals surface area contributed by atoms with Crippen LogP contribution in [0.15, 0.2) is 51.8 Å². The molecular formula is C16H18BrNO3S. The molecule has 0 N–H and O–H groups in total. The molecule has 118 valence electrons. The van der Waals surface area contributed by atoms with Crippen LogP contribution in [0.4, 0.5) is 5.69 Å². The zero-order valence-electron chi connectivity index (χ0n) is 12.7. The Morgan fingerprint density at radius 3 is 2.32 bits per heavy atom. The van der Waals surface area contributed by atoms with E-state index in [1.54, 1.807) is 37.3 Å². The van der Waals surface area contributed by atoms with Crippen molar-refractivity contribution in [3.63, 3.8) is 0 Å². The van der Waals surface area contributed by atoms with Gasteiger partial charge in [0.15, 0.2) is 0 Å². The molecule has 0 saturated carbocycles. The number of sulfonamides is 1. The Hall–Kier alpha value is -1.53. The average Bonchev–Trinajstić information content (AvgIpc) is 2.48. The first kappa shape index (κ1) is 16.8. The Balaban J connectivity index is 2.56. The second-order valence-corrected chi connectivity index (χ2v) is 7.58. The van der Waals surface area contributed by atoms with Crippen LogP contribution in [0.5, 0.6) is 5.75 Å². The van der Waals surface area contributed by atoms with E-state index in [2.05, 4.69) is 15.9 Å². The van der Waals surface area contributed by atoms with Crippen molar-refractivity contribution in [2.45, 2.75) is 18.7 Å². The highest BCUT2D eigenvalue weighted by atomic mass is 79.9. The van der Waals surface area contributed by atoms with Crippen molar-refractivity contribution < 1.29 is 13.2 Å². The van der Waals surface area contributed by atoms with Gasteiger partial charge < -0.3 is 4.74 Å². The van der Waals surface area contributed by atoms with Gasteiger partial charge in [0, 0.05) is 11.0 Å². The Labute approximate surface area is 139 Å². The molecule has 4 nitrogen and oxygen atoms in total. The summed E-state index contributed by atoms with van der Waals surface area (Å²) >= 11 is 3.32. The molecule has 0 aliphatic carbocycles. The van der Waals surface area contributed by atoms with Crippen LogP contribution in [-0.4, -0.2) is 22.1 Å². The predicted molar refractivity (Wildman–Crippen MR) is 92.1 cm³/mol. The molecule has 0 saturated heterocycles. The number of aryl methyl sites for hydroxylation is 1. The third-order valence-corrected chi connectivity index (χ3v) is 5.72. The molecule has 0 fully saturated rings. The summed E-state index contributed by atoms with van der Waals surface area (Å²) in [6, 6.07) is 12.1. The number of nitrogens with zero attached hydrogens (tertiary/aromatic N) is 1. The number of rotatable bonds is 5. The van der Waals surface area contributed by atoms with E-state index in [1.165, 1.54) is 11.4 Å². The minimum Gasteiger partial charge on any atom is -0.495 e. The number of hydrogen-bond donors (Lipinski definition) is 0. The smallest absolute Gasteiger partial charge is 0.264 e. The third-order valence-electron chi connectivity index (χ3n) is 3.29. The molecule has 0 amide bonds. The van der Waals surface area contributed by atoms with Crippen LogP contribution in [0.1, 0.15) is 12.5 Å². The van der Waals surface area contributed by atoms with E-state index in [0.717, 1.165) is 10.0 Å². The fraction of sp³-hybridized carbons (Fsp3) is 0.250. The molecule has 0 radical (unpaired) electrons. The van der Waals surface area contributed by atoms with Gasteiger partial charge in [0.1, 0.15) is 5.75 Å². The number of anilines is 1. The lowest BCUT2D eigenvalue weighted by Gasteiger charge is -2.25. The molecule has 6 heteroatoms. The first-order valence-electron chi connectivity index (χ1n) is 6.83. The lowest BCUT2D eigenvalue weighted by atomic mass is 10.2. The number of benzene rings is 2. The van der Waals surface area contributed by atoms with Crippen LogP contribution < -0.4 is 9.04 Å². The summed E-state index contributed by atoms with van der Waals surface area (Å²) in [6.07, 6.45) is 0. The fourth-order valence-corrected chi connectivity index (χ4v) is 3.94. The maximum absolute atomic E-state index is 12.9. The van der Waals surface area contributed by atoms with Gasteiger partial charge in [-0.2, -0.15) is 0 Å². The highest BCUT2D eigenvalue weighted by Crippen LogP contribution is 2.33. The van der Waals surface area contributed by atoms with E-state index in [1.807, 2.05) is 19.1 Å². The van der Waals surface area contributed by atoms with Crippen LogP contribution >= 0.6 is 15.9 Å². The quantitative estimate of drug-likeness (QED) is 0.784. The molecule has 0 atom stereocenters. The van der Waals surface area contributed by atoms with Crippen molar-refractivity contribution in [3.8, 4) is 5.75 Å². The van der Waals surface area contributed by atoms with Crippen molar-refractivity contribution >= 4 is 31.6 Å². The van der Waals surface area contributed by atoms with E-state index >= 15 is 0 Å². The SMILES string of the molecule is CCN(c1cc(C)ccc1OC)S(=O)(=O)c1ccc(Br)cc1. The molecule has 0 aromatic heterocycles. The molecule has 0 aliphatic heterocycles. The van der Waals surface area contributed by atoms with Gasteiger partial charge in [-0.15, -0.1) is 0 Å². The fourth-order valence-electron chi connectivity index (χ4n) is 2.20. The highest BCUT2D eigenvalue weighted by Gasteiger charge is 2.26. The van der Waals surface area contributed by atoms with Crippen molar-refractivity contribution in [1.29, 1.82) is 0 Å². The van der Waals surface area contributed by atoms with Gasteiger partial charge >= 0.3 is 0 Å². The molecule has 0 heterocycles. The summed E-state index contributed by atoms with van der Waals surface area (Å²) in [5, 5.41) is 0. The van der Waals surface area contributed by atoms with E-state index < -0.39 is 10.0 Å². The summed E-state index contributed by atoms with van der Waals surface area (Å²) in [4.78, 5) is 0.251. The van der Waals surface area contributed by atoms with Gasteiger partial charge in [-0.25, -0.2) is 8.42 Å². The molecule has 22 heavy (non-hydrogen) atoms. The maximum Gasteiger partial charge on any atom is 0.264 e. The lowest BCUT2D eigenvalue weighted by Crippen LogP contribution is -2.31. The largest absolute Gasteiger partial charge is 0.495 e. The van der Waals surface area contributed by atoms with E-state index in [4.69, 9.17) is 4.74 Å². The number of halogens is 1. The minimum absolute atomic E-state index is 0.251. The van der Waals surface area contributed by atoms with Gasteiger partial charge in [-0.05, 0) is 55.8 Å². The van der Waals surface area contributed by atoms with E-state index in [9.17, 15) is 8.42 Å². The Kier molecular flexibility index (Phi) is 5.13. The Morgan fingerprint density at radius 1 is 1.14 bits per heavy atom. The van der Waals surface area contributed by atoms with Gasteiger partial charge in [0.05, 0.1) is 17.7 Å². The molecular weight excluding hydrogens is 366 g/mol.